The fourth-order valence-corrected chi connectivity index (χ4v) is 0.865. The van der Waals surface area contributed by atoms with Crippen LogP contribution < -0.4 is 16.0 Å². The number of ether oxygens (including phenoxy) is 1. The zero-order valence-corrected chi connectivity index (χ0v) is 6.84. The maximum absolute atomic E-state index is 11.8. The Bertz CT molecular complexity index is 268. The number of nitrogens with one attached hydrogen (secondary N) is 1. The number of anilines is 1. The smallest absolute Gasteiger partial charge is 0.272 e. The lowest BCUT2D eigenvalue weighted by Crippen LogP contribution is -2.11. The molecule has 0 aliphatic heterocycles. The predicted octanol–water partition coefficient (Wildman–Crippen LogP) is 1.62. The van der Waals surface area contributed by atoms with Gasteiger partial charge < -0.3 is 10.2 Å². The molecule has 13 heavy (non-hydrogen) atoms. The second-order valence-electron chi connectivity index (χ2n) is 2.34. The van der Waals surface area contributed by atoms with Gasteiger partial charge in [-0.05, 0) is 12.1 Å². The topological polar surface area (TPSA) is 47.3 Å². The minimum atomic E-state index is -2.48. The zero-order chi connectivity index (χ0) is 9.68. The van der Waals surface area contributed by atoms with Gasteiger partial charge in [-0.25, -0.2) is 8.78 Å². The fourth-order valence-electron chi connectivity index (χ4n) is 0.865. The van der Waals surface area contributed by atoms with Crippen molar-refractivity contribution in [2.75, 3.05) is 12.0 Å². The predicted molar refractivity (Wildman–Crippen MR) is 45.8 cm³/mol. The van der Waals surface area contributed by atoms with E-state index in [4.69, 9.17) is 10.6 Å². The Hall–Kier alpha value is -1.36. The normalized spacial score (nSPS) is 10.2. The van der Waals surface area contributed by atoms with E-state index in [1.54, 1.807) is 24.3 Å². The van der Waals surface area contributed by atoms with Crippen molar-refractivity contribution < 1.29 is 13.5 Å². The van der Waals surface area contributed by atoms with E-state index >= 15 is 0 Å². The van der Waals surface area contributed by atoms with Crippen LogP contribution in [0.4, 0.5) is 14.5 Å². The third kappa shape index (κ3) is 2.87. The molecule has 0 heterocycles. The first-order valence-corrected chi connectivity index (χ1v) is 3.70. The number of para-hydroxylation sites is 2. The molecule has 0 radical (unpaired) electrons. The van der Waals surface area contributed by atoms with Crippen molar-refractivity contribution in [2.45, 2.75) is 6.43 Å². The number of rotatable bonds is 4. The van der Waals surface area contributed by atoms with Crippen molar-refractivity contribution in [3.8, 4) is 5.75 Å². The van der Waals surface area contributed by atoms with Gasteiger partial charge in [0, 0.05) is 0 Å². The first kappa shape index (κ1) is 9.73. The Morgan fingerprint density at radius 3 is 2.69 bits per heavy atom. The highest BCUT2D eigenvalue weighted by Gasteiger charge is 2.05. The summed E-state index contributed by atoms with van der Waals surface area (Å²) in [5.74, 6) is 5.46. The van der Waals surface area contributed by atoms with Crippen LogP contribution in [0.3, 0.4) is 0 Å². The Labute approximate surface area is 74.5 Å². The summed E-state index contributed by atoms with van der Waals surface area (Å²) >= 11 is 0. The average molecular weight is 188 g/mol. The molecule has 0 saturated carbocycles. The summed E-state index contributed by atoms with van der Waals surface area (Å²) < 4.78 is 28.4. The lowest BCUT2D eigenvalue weighted by Gasteiger charge is -2.09. The van der Waals surface area contributed by atoms with E-state index < -0.39 is 13.0 Å². The molecule has 0 atom stereocenters. The monoisotopic (exact) mass is 188 g/mol. The highest BCUT2D eigenvalue weighted by Crippen LogP contribution is 2.22. The second kappa shape index (κ2) is 4.61. The van der Waals surface area contributed by atoms with Gasteiger partial charge in [-0.15, -0.1) is 0 Å². The fraction of sp³-hybridized carbons (Fsp3) is 0.250. The van der Waals surface area contributed by atoms with Crippen LogP contribution in [-0.4, -0.2) is 13.0 Å². The molecule has 0 unspecified atom stereocenters. The van der Waals surface area contributed by atoms with Crippen molar-refractivity contribution in [1.82, 2.24) is 0 Å². The average Bonchev–Trinajstić information content (AvgIpc) is 2.15. The van der Waals surface area contributed by atoms with Gasteiger partial charge in [0.1, 0.15) is 12.4 Å². The van der Waals surface area contributed by atoms with Crippen molar-refractivity contribution >= 4 is 5.69 Å². The molecule has 1 aromatic carbocycles. The summed E-state index contributed by atoms with van der Waals surface area (Å²) in [7, 11) is 0. The van der Waals surface area contributed by atoms with E-state index in [1.165, 1.54) is 0 Å². The van der Waals surface area contributed by atoms with E-state index in [0.717, 1.165) is 0 Å². The lowest BCUT2D eigenvalue weighted by atomic mass is 10.3. The molecule has 0 spiro atoms. The summed E-state index contributed by atoms with van der Waals surface area (Å²) in [6.07, 6.45) is -2.48. The lowest BCUT2D eigenvalue weighted by molar-refractivity contribution is 0.0822. The van der Waals surface area contributed by atoms with Crippen LogP contribution >= 0.6 is 0 Å². The largest absolute Gasteiger partial charge is 0.485 e. The third-order valence-corrected chi connectivity index (χ3v) is 1.41. The number of benzene rings is 1. The van der Waals surface area contributed by atoms with Crippen LogP contribution in [0.15, 0.2) is 24.3 Å². The summed E-state index contributed by atoms with van der Waals surface area (Å²) in [4.78, 5) is 0. The minimum absolute atomic E-state index is 0.324. The molecule has 3 nitrogen and oxygen atoms in total. The van der Waals surface area contributed by atoms with Gasteiger partial charge in [-0.2, -0.15) is 0 Å². The first-order valence-electron chi connectivity index (χ1n) is 3.70. The standard InChI is InChI=1S/C8H10F2N2O/c9-8(10)5-13-7-4-2-1-3-6(7)12-11/h1-4,8,12H,5,11H2. The van der Waals surface area contributed by atoms with Gasteiger partial charge in [0.05, 0.1) is 5.69 Å². The molecule has 1 aromatic rings. The number of hydrazine groups is 1. The SMILES string of the molecule is NNc1ccccc1OCC(F)F. The van der Waals surface area contributed by atoms with E-state index in [2.05, 4.69) is 5.43 Å². The number of alkyl halides is 2. The Morgan fingerprint density at radius 1 is 1.38 bits per heavy atom. The molecule has 5 heteroatoms. The quantitative estimate of drug-likeness (QED) is 0.557. The van der Waals surface area contributed by atoms with Crippen molar-refractivity contribution in [3.63, 3.8) is 0 Å². The van der Waals surface area contributed by atoms with Gasteiger partial charge in [0.2, 0.25) is 0 Å². The maximum Gasteiger partial charge on any atom is 0.272 e. The molecule has 72 valence electrons. The molecule has 0 aliphatic rings. The minimum Gasteiger partial charge on any atom is -0.485 e. The van der Waals surface area contributed by atoms with Crippen LogP contribution in [0.2, 0.25) is 0 Å². The molecule has 0 fully saturated rings. The van der Waals surface area contributed by atoms with Gasteiger partial charge >= 0.3 is 0 Å². The maximum atomic E-state index is 11.8. The molecule has 0 bridgehead atoms. The van der Waals surface area contributed by atoms with Gasteiger partial charge in [-0.3, -0.25) is 5.84 Å². The van der Waals surface area contributed by atoms with E-state index in [0.29, 0.717) is 11.4 Å². The number of halogens is 2. The molecule has 0 aromatic heterocycles. The summed E-state index contributed by atoms with van der Waals surface area (Å²) in [6, 6.07) is 6.62. The second-order valence-corrected chi connectivity index (χ2v) is 2.34. The molecular weight excluding hydrogens is 178 g/mol. The van der Waals surface area contributed by atoms with E-state index in [1.807, 2.05) is 0 Å². The van der Waals surface area contributed by atoms with Crippen molar-refractivity contribution in [2.24, 2.45) is 5.84 Å². The summed E-state index contributed by atoms with van der Waals surface area (Å²) in [5.41, 5.74) is 2.84. The highest BCUT2D eigenvalue weighted by atomic mass is 19.3. The Kier molecular flexibility index (Phi) is 3.45. The molecular formula is C8H10F2N2O. The highest BCUT2D eigenvalue weighted by molar-refractivity contribution is 5.55. The van der Waals surface area contributed by atoms with E-state index in [9.17, 15) is 8.78 Å². The molecule has 3 N–H and O–H groups in total. The van der Waals surface area contributed by atoms with E-state index in [-0.39, 0.29) is 0 Å². The zero-order valence-electron chi connectivity index (χ0n) is 6.84. The number of nitrogens with two attached hydrogens (primary N) is 1. The molecule has 0 amide bonds. The third-order valence-electron chi connectivity index (χ3n) is 1.41. The van der Waals surface area contributed by atoms with Gasteiger partial charge in [0.25, 0.3) is 6.43 Å². The number of hydrogen-bond acceptors (Lipinski definition) is 3. The Balaban J connectivity index is 2.64. The van der Waals surface area contributed by atoms with Crippen LogP contribution in [-0.2, 0) is 0 Å². The molecule has 0 aliphatic carbocycles. The Morgan fingerprint density at radius 2 is 2.08 bits per heavy atom. The van der Waals surface area contributed by atoms with Gasteiger partial charge in [-0.1, -0.05) is 12.1 Å². The van der Waals surface area contributed by atoms with Crippen molar-refractivity contribution in [3.05, 3.63) is 24.3 Å². The first-order chi connectivity index (χ1) is 6.24. The summed E-state index contributed by atoms with van der Waals surface area (Å²) in [5, 5.41) is 0. The number of nitrogen functional groups attached to an aromatic ring is 1. The number of hydrogen-bond donors (Lipinski definition) is 2. The molecule has 1 rings (SSSR count). The summed E-state index contributed by atoms with van der Waals surface area (Å²) in [6.45, 7) is -0.626. The van der Waals surface area contributed by atoms with Crippen LogP contribution in [0, 0.1) is 0 Å². The van der Waals surface area contributed by atoms with Crippen LogP contribution in [0.25, 0.3) is 0 Å². The van der Waals surface area contributed by atoms with Crippen molar-refractivity contribution in [1.29, 1.82) is 0 Å². The van der Waals surface area contributed by atoms with Gasteiger partial charge in [0.15, 0.2) is 0 Å². The van der Waals surface area contributed by atoms with Crippen LogP contribution in [0.1, 0.15) is 0 Å². The molecule has 0 saturated heterocycles. The van der Waals surface area contributed by atoms with Crippen LogP contribution in [0.5, 0.6) is 5.75 Å².